The Bertz CT molecular complexity index is 655. The SMILES string of the molecule is CCc1nc(-c2ccc(Cl)c(Br)c2)[nH]c(=O)c1Br. The molecule has 1 N–H and O–H groups in total. The van der Waals surface area contributed by atoms with Gasteiger partial charge in [0.25, 0.3) is 5.56 Å². The van der Waals surface area contributed by atoms with Crippen LogP contribution >= 0.6 is 43.5 Å². The van der Waals surface area contributed by atoms with Gasteiger partial charge in [0.05, 0.1) is 10.7 Å². The van der Waals surface area contributed by atoms with Crippen LogP contribution in [0.2, 0.25) is 5.02 Å². The summed E-state index contributed by atoms with van der Waals surface area (Å²) in [4.78, 5) is 18.9. The Balaban J connectivity index is 2.60. The summed E-state index contributed by atoms with van der Waals surface area (Å²) in [6.45, 7) is 1.95. The summed E-state index contributed by atoms with van der Waals surface area (Å²) in [7, 11) is 0. The summed E-state index contributed by atoms with van der Waals surface area (Å²) in [5.74, 6) is 0.539. The highest BCUT2D eigenvalue weighted by Crippen LogP contribution is 2.27. The molecule has 0 spiro atoms. The highest BCUT2D eigenvalue weighted by molar-refractivity contribution is 9.10. The van der Waals surface area contributed by atoms with E-state index in [1.807, 2.05) is 19.1 Å². The molecule has 0 bridgehead atoms. The first-order chi connectivity index (χ1) is 8.52. The second-order valence-corrected chi connectivity index (χ2v) is 5.71. The lowest BCUT2D eigenvalue weighted by molar-refractivity contribution is 0.970. The molecule has 18 heavy (non-hydrogen) atoms. The van der Waals surface area contributed by atoms with Gasteiger partial charge in [-0.15, -0.1) is 0 Å². The first kappa shape index (κ1) is 13.8. The number of rotatable bonds is 2. The minimum atomic E-state index is -0.178. The van der Waals surface area contributed by atoms with Crippen molar-refractivity contribution in [2.24, 2.45) is 0 Å². The highest BCUT2D eigenvalue weighted by atomic mass is 79.9. The van der Waals surface area contributed by atoms with Crippen LogP contribution in [0.1, 0.15) is 12.6 Å². The van der Waals surface area contributed by atoms with Crippen molar-refractivity contribution in [3.05, 3.63) is 48.2 Å². The molecule has 0 saturated carbocycles. The second-order valence-electron chi connectivity index (χ2n) is 3.66. The van der Waals surface area contributed by atoms with Gasteiger partial charge in [-0.3, -0.25) is 4.79 Å². The van der Waals surface area contributed by atoms with Crippen molar-refractivity contribution in [1.82, 2.24) is 9.97 Å². The van der Waals surface area contributed by atoms with Gasteiger partial charge in [-0.25, -0.2) is 4.98 Å². The van der Waals surface area contributed by atoms with Gasteiger partial charge in [0.1, 0.15) is 10.3 Å². The lowest BCUT2D eigenvalue weighted by Crippen LogP contribution is -2.13. The molecule has 3 nitrogen and oxygen atoms in total. The molecule has 94 valence electrons. The van der Waals surface area contributed by atoms with Crippen LogP contribution in [0, 0.1) is 0 Å². The molecule has 1 aromatic heterocycles. The number of hydrogen-bond acceptors (Lipinski definition) is 2. The normalized spacial score (nSPS) is 10.7. The zero-order valence-corrected chi connectivity index (χ0v) is 13.4. The fourth-order valence-corrected chi connectivity index (χ4v) is 2.48. The first-order valence-electron chi connectivity index (χ1n) is 5.27. The van der Waals surface area contributed by atoms with Gasteiger partial charge in [-0.2, -0.15) is 0 Å². The molecule has 1 heterocycles. The average Bonchev–Trinajstić information content (AvgIpc) is 2.36. The molecule has 0 unspecified atom stereocenters. The molecule has 2 rings (SSSR count). The largest absolute Gasteiger partial charge is 0.306 e. The molecule has 0 aliphatic heterocycles. The molecular formula is C12H9Br2ClN2O. The Hall–Kier alpha value is -0.650. The van der Waals surface area contributed by atoms with Crippen molar-refractivity contribution in [1.29, 1.82) is 0 Å². The van der Waals surface area contributed by atoms with Gasteiger partial charge in [-0.05, 0) is 56.5 Å². The van der Waals surface area contributed by atoms with Gasteiger partial charge in [0, 0.05) is 10.0 Å². The Morgan fingerprint density at radius 3 is 2.72 bits per heavy atom. The average molecular weight is 392 g/mol. The molecule has 2 aromatic rings. The van der Waals surface area contributed by atoms with Crippen LogP contribution in [-0.4, -0.2) is 9.97 Å². The van der Waals surface area contributed by atoms with Crippen molar-refractivity contribution >= 4 is 43.5 Å². The number of aryl methyl sites for hydroxylation is 1. The van der Waals surface area contributed by atoms with Crippen LogP contribution in [0.5, 0.6) is 0 Å². The molecule has 0 saturated heterocycles. The summed E-state index contributed by atoms with van der Waals surface area (Å²) in [5, 5.41) is 0.619. The highest BCUT2D eigenvalue weighted by Gasteiger charge is 2.09. The Labute approximate surface area is 126 Å². The molecule has 6 heteroatoms. The number of aromatic amines is 1. The lowest BCUT2D eigenvalue weighted by Gasteiger charge is -2.06. The fraction of sp³-hybridized carbons (Fsp3) is 0.167. The number of H-pyrrole nitrogens is 1. The number of hydrogen-bond donors (Lipinski definition) is 1. The topological polar surface area (TPSA) is 45.8 Å². The first-order valence-corrected chi connectivity index (χ1v) is 7.23. The maximum Gasteiger partial charge on any atom is 0.265 e. The third-order valence-electron chi connectivity index (χ3n) is 2.46. The van der Waals surface area contributed by atoms with Crippen LogP contribution in [0.25, 0.3) is 11.4 Å². The maximum atomic E-state index is 11.8. The van der Waals surface area contributed by atoms with Gasteiger partial charge in [-0.1, -0.05) is 18.5 Å². The van der Waals surface area contributed by atoms with Crippen molar-refractivity contribution < 1.29 is 0 Å². The molecule has 0 amide bonds. The Morgan fingerprint density at radius 1 is 1.39 bits per heavy atom. The van der Waals surface area contributed by atoms with Crippen LogP contribution in [0.4, 0.5) is 0 Å². The number of halogens is 3. The van der Waals surface area contributed by atoms with Crippen LogP contribution < -0.4 is 5.56 Å². The van der Waals surface area contributed by atoms with E-state index in [1.54, 1.807) is 6.07 Å². The minimum absolute atomic E-state index is 0.178. The third kappa shape index (κ3) is 2.68. The number of nitrogens with zero attached hydrogens (tertiary/aromatic N) is 1. The van der Waals surface area contributed by atoms with E-state index in [2.05, 4.69) is 41.8 Å². The lowest BCUT2D eigenvalue weighted by atomic mass is 10.2. The molecular weight excluding hydrogens is 383 g/mol. The van der Waals surface area contributed by atoms with E-state index in [9.17, 15) is 4.79 Å². The minimum Gasteiger partial charge on any atom is -0.306 e. The second kappa shape index (κ2) is 5.55. The summed E-state index contributed by atoms with van der Waals surface area (Å²) >= 11 is 12.5. The van der Waals surface area contributed by atoms with Crippen molar-refractivity contribution in [3.8, 4) is 11.4 Å². The van der Waals surface area contributed by atoms with Crippen molar-refractivity contribution in [3.63, 3.8) is 0 Å². The maximum absolute atomic E-state index is 11.8. The third-order valence-corrected chi connectivity index (χ3v) is 4.49. The van der Waals surface area contributed by atoms with Crippen LogP contribution in [0.15, 0.2) is 31.9 Å². The number of nitrogens with one attached hydrogen (secondary N) is 1. The number of benzene rings is 1. The zero-order chi connectivity index (χ0) is 13.3. The molecule has 0 fully saturated rings. The molecule has 0 aliphatic carbocycles. The van der Waals surface area contributed by atoms with Crippen molar-refractivity contribution in [2.75, 3.05) is 0 Å². The van der Waals surface area contributed by atoms with Gasteiger partial charge in [0.15, 0.2) is 0 Å². The molecule has 1 aromatic carbocycles. The summed E-state index contributed by atoms with van der Waals surface area (Å²) < 4.78 is 1.26. The van der Waals surface area contributed by atoms with E-state index in [0.29, 0.717) is 21.7 Å². The van der Waals surface area contributed by atoms with Gasteiger partial charge < -0.3 is 4.98 Å². The summed E-state index contributed by atoms with van der Waals surface area (Å²) in [6.07, 6.45) is 0.687. The van der Waals surface area contributed by atoms with E-state index in [0.717, 1.165) is 15.7 Å². The van der Waals surface area contributed by atoms with E-state index in [1.165, 1.54) is 0 Å². The van der Waals surface area contributed by atoms with Crippen LogP contribution in [-0.2, 0) is 6.42 Å². The van der Waals surface area contributed by atoms with Gasteiger partial charge >= 0.3 is 0 Å². The molecule has 0 aliphatic rings. The van der Waals surface area contributed by atoms with Gasteiger partial charge in [0.2, 0.25) is 0 Å². The molecule has 0 radical (unpaired) electrons. The van der Waals surface area contributed by atoms with E-state index in [-0.39, 0.29) is 5.56 Å². The standard InChI is InChI=1S/C12H9Br2ClN2O/c1-2-9-10(14)12(18)17-11(16-9)6-3-4-8(15)7(13)5-6/h3-5H,2H2,1H3,(H,16,17,18). The monoisotopic (exact) mass is 390 g/mol. The summed E-state index contributed by atoms with van der Waals surface area (Å²) in [6, 6.07) is 5.40. The summed E-state index contributed by atoms with van der Waals surface area (Å²) in [5.41, 5.74) is 1.37. The smallest absolute Gasteiger partial charge is 0.265 e. The van der Waals surface area contributed by atoms with Crippen LogP contribution in [0.3, 0.4) is 0 Å². The predicted octanol–water partition coefficient (Wildman–Crippen LogP) is 4.18. The zero-order valence-electron chi connectivity index (χ0n) is 9.43. The predicted molar refractivity (Wildman–Crippen MR) is 80.1 cm³/mol. The Kier molecular flexibility index (Phi) is 4.25. The van der Waals surface area contributed by atoms with E-state index in [4.69, 9.17) is 11.6 Å². The Morgan fingerprint density at radius 2 is 2.11 bits per heavy atom. The van der Waals surface area contributed by atoms with E-state index < -0.39 is 0 Å². The number of aromatic nitrogens is 2. The quantitative estimate of drug-likeness (QED) is 0.834. The van der Waals surface area contributed by atoms with Crippen molar-refractivity contribution in [2.45, 2.75) is 13.3 Å². The molecule has 0 atom stereocenters. The fourth-order valence-electron chi connectivity index (χ4n) is 1.52. The van der Waals surface area contributed by atoms with E-state index >= 15 is 0 Å².